The van der Waals surface area contributed by atoms with Crippen LogP contribution in [-0.4, -0.2) is 94.7 Å². The summed E-state index contributed by atoms with van der Waals surface area (Å²) in [5, 5.41) is 2.17. The van der Waals surface area contributed by atoms with Crippen molar-refractivity contribution in [1.29, 1.82) is 0 Å². The average Bonchev–Trinajstić information content (AvgIpc) is 3.65. The Morgan fingerprint density at radius 2 is 1.95 bits per heavy atom. The molecule has 2 saturated heterocycles. The summed E-state index contributed by atoms with van der Waals surface area (Å²) < 4.78 is 11.9. The van der Waals surface area contributed by atoms with Crippen molar-refractivity contribution in [1.82, 2.24) is 29.7 Å². The van der Waals surface area contributed by atoms with Gasteiger partial charge in [0.15, 0.2) is 11.5 Å². The van der Waals surface area contributed by atoms with Gasteiger partial charge < -0.3 is 24.3 Å². The molecule has 1 atom stereocenters. The Bertz CT molecular complexity index is 1390. The number of aromatic nitrogens is 4. The van der Waals surface area contributed by atoms with Crippen molar-refractivity contribution in [2.75, 3.05) is 57.4 Å². The zero-order valence-corrected chi connectivity index (χ0v) is 21.5. The lowest BCUT2D eigenvalue weighted by molar-refractivity contribution is -0.119. The maximum absolute atomic E-state index is 11.9. The van der Waals surface area contributed by atoms with Crippen LogP contribution in [0.25, 0.3) is 21.9 Å². The van der Waals surface area contributed by atoms with E-state index in [4.69, 9.17) is 9.47 Å². The van der Waals surface area contributed by atoms with Gasteiger partial charge in [0.25, 0.3) is 0 Å². The van der Waals surface area contributed by atoms with Gasteiger partial charge in [0.1, 0.15) is 24.2 Å². The van der Waals surface area contributed by atoms with Crippen molar-refractivity contribution < 1.29 is 14.3 Å². The monoisotopic (exact) mass is 515 g/mol. The number of fused-ring (bicyclic) bond motifs is 2. The molecule has 0 spiro atoms. The molecule has 1 amide bonds. The van der Waals surface area contributed by atoms with Gasteiger partial charge in [-0.05, 0) is 29.9 Å². The van der Waals surface area contributed by atoms with Gasteiger partial charge in [-0.2, -0.15) is 0 Å². The largest absolute Gasteiger partial charge is 0.491 e. The molecule has 2 aromatic carbocycles. The number of carbonyl (C=O) groups excluding carboxylic acids is 1. The first kappa shape index (κ1) is 24.6. The van der Waals surface area contributed by atoms with Crippen LogP contribution in [-0.2, 0) is 16.1 Å². The maximum Gasteiger partial charge on any atom is 0.210 e. The normalized spacial score (nSPS) is 18.3. The number of nitrogens with zero attached hydrogens (tertiary/aromatic N) is 6. The highest BCUT2D eigenvalue weighted by Crippen LogP contribution is 2.32. The van der Waals surface area contributed by atoms with E-state index >= 15 is 0 Å². The van der Waals surface area contributed by atoms with Crippen molar-refractivity contribution in [3.05, 3.63) is 54.6 Å². The van der Waals surface area contributed by atoms with Gasteiger partial charge in [-0.15, -0.1) is 0 Å². The molecule has 198 valence electrons. The van der Waals surface area contributed by atoms with Crippen LogP contribution < -0.4 is 9.64 Å². The summed E-state index contributed by atoms with van der Waals surface area (Å²) in [5.74, 6) is 1.74. The minimum Gasteiger partial charge on any atom is -0.491 e. The highest BCUT2D eigenvalue weighted by Gasteiger charge is 2.28. The Labute approximate surface area is 221 Å². The number of anilines is 1. The second-order valence-electron chi connectivity index (χ2n) is 9.90. The molecule has 0 saturated carbocycles. The number of amides is 1. The van der Waals surface area contributed by atoms with Crippen molar-refractivity contribution in [3.63, 3.8) is 0 Å². The van der Waals surface area contributed by atoms with Crippen LogP contribution in [0.5, 0.6) is 5.75 Å². The molecule has 6 rings (SSSR count). The van der Waals surface area contributed by atoms with E-state index in [1.54, 1.807) is 12.7 Å². The van der Waals surface area contributed by atoms with E-state index in [0.717, 1.165) is 92.1 Å². The molecule has 2 aromatic heterocycles. The van der Waals surface area contributed by atoms with Gasteiger partial charge in [0.2, 0.25) is 6.41 Å². The van der Waals surface area contributed by atoms with Crippen LogP contribution in [0.3, 0.4) is 0 Å². The smallest absolute Gasteiger partial charge is 0.210 e. The van der Waals surface area contributed by atoms with Crippen molar-refractivity contribution in [2.24, 2.45) is 0 Å². The Morgan fingerprint density at radius 3 is 2.82 bits per heavy atom. The molecular formula is C28H33N7O3. The number of hydrogen-bond donors (Lipinski definition) is 1. The molecule has 2 aliphatic rings. The number of benzene rings is 2. The van der Waals surface area contributed by atoms with E-state index < -0.39 is 0 Å². The summed E-state index contributed by atoms with van der Waals surface area (Å²) in [7, 11) is 0. The molecule has 0 radical (unpaired) electrons. The number of aromatic amines is 1. The number of hydrogen-bond acceptors (Lipinski definition) is 8. The molecule has 4 aromatic rings. The molecular weight excluding hydrogens is 482 g/mol. The van der Waals surface area contributed by atoms with Gasteiger partial charge in [0, 0.05) is 44.7 Å². The van der Waals surface area contributed by atoms with Crippen LogP contribution in [0.15, 0.2) is 49.1 Å². The fraction of sp³-hybridized carbons (Fsp3) is 0.429. The SMILES string of the molecule is O=CN(CCN1CCOCC1)Cc1ccc(OCC2CCCN2c2ncnc3nc[nH]c23)c2ccccc12. The number of ether oxygens (including phenoxy) is 2. The number of carbonyl (C=O) groups is 1. The van der Waals surface area contributed by atoms with Crippen LogP contribution in [0.1, 0.15) is 18.4 Å². The van der Waals surface area contributed by atoms with Crippen molar-refractivity contribution in [2.45, 2.75) is 25.4 Å². The number of morpholine rings is 1. The number of nitrogens with one attached hydrogen (secondary N) is 1. The Morgan fingerprint density at radius 1 is 1.08 bits per heavy atom. The quantitative estimate of drug-likeness (QED) is 0.322. The molecule has 1 N–H and O–H groups in total. The number of H-pyrrole nitrogens is 1. The number of rotatable bonds is 10. The third-order valence-electron chi connectivity index (χ3n) is 7.59. The zero-order chi connectivity index (χ0) is 25.7. The second kappa shape index (κ2) is 11.3. The zero-order valence-electron chi connectivity index (χ0n) is 21.5. The van der Waals surface area contributed by atoms with Gasteiger partial charge >= 0.3 is 0 Å². The Hall–Kier alpha value is -3.76. The Kier molecular flexibility index (Phi) is 7.32. The summed E-state index contributed by atoms with van der Waals surface area (Å²) in [6, 6.07) is 12.6. The Balaban J connectivity index is 1.15. The van der Waals surface area contributed by atoms with Crippen LogP contribution >= 0.6 is 0 Å². The predicted molar refractivity (Wildman–Crippen MR) is 145 cm³/mol. The van der Waals surface area contributed by atoms with Gasteiger partial charge in [0.05, 0.1) is 25.6 Å². The lowest BCUT2D eigenvalue weighted by Crippen LogP contribution is -2.41. The number of imidazole rings is 1. The summed E-state index contributed by atoms with van der Waals surface area (Å²) in [6.07, 6.45) is 6.31. The first-order valence-corrected chi connectivity index (χ1v) is 13.3. The molecule has 2 aliphatic heterocycles. The van der Waals surface area contributed by atoms with E-state index in [2.05, 4.69) is 47.9 Å². The van der Waals surface area contributed by atoms with Crippen LogP contribution in [0.2, 0.25) is 0 Å². The first-order valence-electron chi connectivity index (χ1n) is 13.3. The van der Waals surface area contributed by atoms with Crippen LogP contribution in [0, 0.1) is 0 Å². The van der Waals surface area contributed by atoms with Gasteiger partial charge in [-0.1, -0.05) is 30.3 Å². The summed E-state index contributed by atoms with van der Waals surface area (Å²) in [5.41, 5.74) is 2.66. The van der Waals surface area contributed by atoms with Gasteiger partial charge in [-0.3, -0.25) is 9.69 Å². The highest BCUT2D eigenvalue weighted by molar-refractivity contribution is 5.91. The average molecular weight is 516 g/mol. The minimum absolute atomic E-state index is 0.209. The van der Waals surface area contributed by atoms with E-state index in [1.807, 2.05) is 23.1 Å². The molecule has 0 aliphatic carbocycles. The highest BCUT2D eigenvalue weighted by atomic mass is 16.5. The molecule has 0 bridgehead atoms. The lowest BCUT2D eigenvalue weighted by Gasteiger charge is -2.29. The molecule has 2 fully saturated rings. The van der Waals surface area contributed by atoms with Gasteiger partial charge in [-0.25, -0.2) is 15.0 Å². The third-order valence-corrected chi connectivity index (χ3v) is 7.59. The summed E-state index contributed by atoms with van der Waals surface area (Å²) in [6.45, 7) is 6.97. The topological polar surface area (TPSA) is 99.7 Å². The first-order chi connectivity index (χ1) is 18.8. The van der Waals surface area contributed by atoms with Crippen LogP contribution in [0.4, 0.5) is 5.82 Å². The maximum atomic E-state index is 11.9. The molecule has 4 heterocycles. The summed E-state index contributed by atoms with van der Waals surface area (Å²) in [4.78, 5) is 34.7. The fourth-order valence-corrected chi connectivity index (χ4v) is 5.52. The minimum atomic E-state index is 0.209. The molecule has 38 heavy (non-hydrogen) atoms. The van der Waals surface area contributed by atoms with Crippen molar-refractivity contribution in [3.8, 4) is 5.75 Å². The molecule has 10 nitrogen and oxygen atoms in total. The van der Waals surface area contributed by atoms with E-state index in [1.165, 1.54) is 0 Å². The standard InChI is InChI=1S/C28H33N7O3/c36-20-34(11-10-33-12-14-37-15-13-33)16-21-7-8-25(24-6-2-1-5-23(21)24)38-17-22-4-3-9-35(22)28-26-27(30-18-29-26)31-19-32-28/h1-2,5-8,18-20,22H,3-4,9-17H2,(H,29,30,31,32). The lowest BCUT2D eigenvalue weighted by atomic mass is 10.0. The van der Waals surface area contributed by atoms with E-state index in [0.29, 0.717) is 25.3 Å². The van der Waals surface area contributed by atoms with E-state index in [-0.39, 0.29) is 6.04 Å². The second-order valence-corrected chi connectivity index (χ2v) is 9.90. The third kappa shape index (κ3) is 5.14. The molecule has 1 unspecified atom stereocenters. The fourth-order valence-electron chi connectivity index (χ4n) is 5.52. The predicted octanol–water partition coefficient (Wildman–Crippen LogP) is 2.84. The molecule has 10 heteroatoms. The van der Waals surface area contributed by atoms with Crippen molar-refractivity contribution >= 4 is 34.2 Å². The summed E-state index contributed by atoms with van der Waals surface area (Å²) >= 11 is 0. The van der Waals surface area contributed by atoms with E-state index in [9.17, 15) is 4.79 Å².